The molecule has 0 heterocycles. The van der Waals surface area contributed by atoms with E-state index >= 15 is 0 Å². The molecule has 0 radical (unpaired) electrons. The van der Waals surface area contributed by atoms with Gasteiger partial charge in [0.05, 0.1) is 5.02 Å². The molecule has 1 atom stereocenters. The summed E-state index contributed by atoms with van der Waals surface area (Å²) in [6.07, 6.45) is 0. The number of hydrogen-bond acceptors (Lipinski definition) is 2. The van der Waals surface area contributed by atoms with Gasteiger partial charge in [0, 0.05) is 16.1 Å². The fraction of sp³-hybridized carbons (Fsp3) is 0.385. The Kier molecular flexibility index (Phi) is 5.82. The molecule has 104 valence electrons. The largest absolute Gasteiger partial charge is 0.352 e. The highest BCUT2D eigenvalue weighted by Gasteiger charge is 2.17. The van der Waals surface area contributed by atoms with E-state index in [1.165, 1.54) is 0 Å². The van der Waals surface area contributed by atoms with Gasteiger partial charge < -0.3 is 10.6 Å². The van der Waals surface area contributed by atoms with Crippen LogP contribution in [0.15, 0.2) is 22.7 Å². The predicted octanol–water partition coefficient (Wildman–Crippen LogP) is 2.75. The van der Waals surface area contributed by atoms with Crippen molar-refractivity contribution >= 4 is 39.3 Å². The van der Waals surface area contributed by atoms with Gasteiger partial charge in [-0.15, -0.1) is 0 Å². The first kappa shape index (κ1) is 16.0. The van der Waals surface area contributed by atoms with Crippen LogP contribution in [0.5, 0.6) is 0 Å². The molecular weight excluding hydrogens is 332 g/mol. The van der Waals surface area contributed by atoms with Gasteiger partial charge in [-0.05, 0) is 54.9 Å². The Morgan fingerprint density at radius 1 is 1.21 bits per heavy atom. The lowest BCUT2D eigenvalue weighted by atomic mass is 10.2. The highest BCUT2D eigenvalue weighted by molar-refractivity contribution is 9.10. The van der Waals surface area contributed by atoms with Gasteiger partial charge in [-0.2, -0.15) is 0 Å². The van der Waals surface area contributed by atoms with Crippen LogP contribution in [0.25, 0.3) is 0 Å². The molecule has 19 heavy (non-hydrogen) atoms. The van der Waals surface area contributed by atoms with Gasteiger partial charge in [-0.25, -0.2) is 0 Å². The second-order valence-electron chi connectivity index (χ2n) is 4.49. The molecule has 0 aliphatic carbocycles. The first-order chi connectivity index (χ1) is 8.81. The van der Waals surface area contributed by atoms with Crippen LogP contribution in [0.4, 0.5) is 0 Å². The number of carbonyl (C=O) groups excluding carboxylic acids is 2. The molecule has 1 rings (SSSR count). The molecule has 0 fully saturated rings. The van der Waals surface area contributed by atoms with Gasteiger partial charge in [-0.3, -0.25) is 9.59 Å². The van der Waals surface area contributed by atoms with Crippen molar-refractivity contribution in [3.63, 3.8) is 0 Å². The van der Waals surface area contributed by atoms with E-state index in [4.69, 9.17) is 11.6 Å². The SMILES string of the molecule is CC(C)NC(=O)C(C)NC(=O)c1ccc(Cl)c(Br)c1. The van der Waals surface area contributed by atoms with Crippen LogP contribution in [0.2, 0.25) is 5.02 Å². The minimum absolute atomic E-state index is 0.0385. The molecule has 0 aromatic heterocycles. The van der Waals surface area contributed by atoms with Gasteiger partial charge in [0.25, 0.3) is 5.91 Å². The van der Waals surface area contributed by atoms with Gasteiger partial charge in [0.2, 0.25) is 5.91 Å². The summed E-state index contributed by atoms with van der Waals surface area (Å²) in [5, 5.41) is 5.90. The first-order valence-electron chi connectivity index (χ1n) is 5.87. The van der Waals surface area contributed by atoms with Gasteiger partial charge in [0.1, 0.15) is 6.04 Å². The van der Waals surface area contributed by atoms with Crippen molar-refractivity contribution in [2.45, 2.75) is 32.9 Å². The zero-order chi connectivity index (χ0) is 14.6. The molecule has 1 aromatic rings. The number of halogens is 2. The summed E-state index contributed by atoms with van der Waals surface area (Å²) in [6, 6.07) is 4.29. The molecule has 1 aromatic carbocycles. The molecular formula is C13H16BrClN2O2. The van der Waals surface area contributed by atoms with E-state index in [1.54, 1.807) is 25.1 Å². The summed E-state index contributed by atoms with van der Waals surface area (Å²) in [5.74, 6) is -0.528. The Morgan fingerprint density at radius 2 is 1.84 bits per heavy atom. The van der Waals surface area contributed by atoms with Crippen molar-refractivity contribution in [3.05, 3.63) is 33.3 Å². The fourth-order valence-electron chi connectivity index (χ4n) is 1.39. The fourth-order valence-corrected chi connectivity index (χ4v) is 1.89. The molecule has 0 aliphatic rings. The van der Waals surface area contributed by atoms with Crippen LogP contribution in [0.1, 0.15) is 31.1 Å². The Labute approximate surface area is 126 Å². The maximum Gasteiger partial charge on any atom is 0.251 e. The maximum absolute atomic E-state index is 12.0. The normalized spacial score (nSPS) is 12.1. The Balaban J connectivity index is 2.68. The van der Waals surface area contributed by atoms with Crippen LogP contribution >= 0.6 is 27.5 Å². The second-order valence-corrected chi connectivity index (χ2v) is 5.75. The summed E-state index contributed by atoms with van der Waals surface area (Å²) < 4.78 is 0.640. The number of amides is 2. The van der Waals surface area contributed by atoms with Crippen LogP contribution in [0, 0.1) is 0 Å². The average molecular weight is 348 g/mol. The number of rotatable bonds is 4. The van der Waals surface area contributed by atoms with Gasteiger partial charge >= 0.3 is 0 Å². The number of benzene rings is 1. The zero-order valence-corrected chi connectivity index (χ0v) is 13.3. The number of carbonyl (C=O) groups is 2. The minimum Gasteiger partial charge on any atom is -0.352 e. The summed E-state index contributed by atoms with van der Waals surface area (Å²) in [4.78, 5) is 23.6. The Morgan fingerprint density at radius 3 is 2.37 bits per heavy atom. The molecule has 0 bridgehead atoms. The number of hydrogen-bond donors (Lipinski definition) is 2. The van der Waals surface area contributed by atoms with E-state index in [1.807, 2.05) is 13.8 Å². The lowest BCUT2D eigenvalue weighted by Gasteiger charge is -2.16. The highest BCUT2D eigenvalue weighted by Crippen LogP contribution is 2.23. The molecule has 2 amide bonds. The van der Waals surface area contributed by atoms with Gasteiger partial charge in [-0.1, -0.05) is 11.6 Å². The van der Waals surface area contributed by atoms with E-state index in [9.17, 15) is 9.59 Å². The lowest BCUT2D eigenvalue weighted by molar-refractivity contribution is -0.123. The van der Waals surface area contributed by atoms with Crippen molar-refractivity contribution in [1.29, 1.82) is 0 Å². The molecule has 4 nitrogen and oxygen atoms in total. The van der Waals surface area contributed by atoms with E-state index in [2.05, 4.69) is 26.6 Å². The molecule has 1 unspecified atom stereocenters. The molecule has 6 heteroatoms. The second kappa shape index (κ2) is 6.91. The standard InChI is InChI=1S/C13H16BrClN2O2/c1-7(2)16-12(18)8(3)17-13(19)9-4-5-11(15)10(14)6-9/h4-8H,1-3H3,(H,16,18)(H,17,19). The lowest BCUT2D eigenvalue weighted by Crippen LogP contribution is -2.46. The van der Waals surface area contributed by atoms with Crippen molar-refractivity contribution in [2.75, 3.05) is 0 Å². The third-order valence-corrected chi connectivity index (χ3v) is 3.57. The molecule has 0 saturated carbocycles. The molecule has 0 spiro atoms. The summed E-state index contributed by atoms with van der Waals surface area (Å²) >= 11 is 9.11. The first-order valence-corrected chi connectivity index (χ1v) is 7.04. The van der Waals surface area contributed by atoms with Crippen LogP contribution in [-0.4, -0.2) is 23.9 Å². The zero-order valence-electron chi connectivity index (χ0n) is 11.0. The number of nitrogens with one attached hydrogen (secondary N) is 2. The topological polar surface area (TPSA) is 58.2 Å². The highest BCUT2D eigenvalue weighted by atomic mass is 79.9. The molecule has 0 aliphatic heterocycles. The van der Waals surface area contributed by atoms with E-state index in [0.717, 1.165) is 0 Å². The quantitative estimate of drug-likeness (QED) is 0.880. The minimum atomic E-state index is -0.593. The summed E-state index contributed by atoms with van der Waals surface area (Å²) in [6.45, 7) is 5.37. The van der Waals surface area contributed by atoms with Crippen LogP contribution < -0.4 is 10.6 Å². The molecule has 0 saturated heterocycles. The molecule has 2 N–H and O–H groups in total. The van der Waals surface area contributed by atoms with E-state index < -0.39 is 6.04 Å². The van der Waals surface area contributed by atoms with E-state index in [-0.39, 0.29) is 17.9 Å². The van der Waals surface area contributed by atoms with Crippen molar-refractivity contribution in [1.82, 2.24) is 10.6 Å². The predicted molar refractivity (Wildman–Crippen MR) is 79.4 cm³/mol. The van der Waals surface area contributed by atoms with Crippen LogP contribution in [0.3, 0.4) is 0 Å². The smallest absolute Gasteiger partial charge is 0.251 e. The third kappa shape index (κ3) is 4.84. The Hall–Kier alpha value is -1.07. The monoisotopic (exact) mass is 346 g/mol. The average Bonchev–Trinajstić information content (AvgIpc) is 2.31. The van der Waals surface area contributed by atoms with Crippen molar-refractivity contribution in [2.24, 2.45) is 0 Å². The Bertz CT molecular complexity index is 492. The van der Waals surface area contributed by atoms with Crippen LogP contribution in [-0.2, 0) is 4.79 Å². The van der Waals surface area contributed by atoms with E-state index in [0.29, 0.717) is 15.1 Å². The summed E-state index contributed by atoms with van der Waals surface area (Å²) in [5.41, 5.74) is 0.445. The third-order valence-electron chi connectivity index (χ3n) is 2.35. The van der Waals surface area contributed by atoms with Gasteiger partial charge in [0.15, 0.2) is 0 Å². The van der Waals surface area contributed by atoms with Crippen molar-refractivity contribution < 1.29 is 9.59 Å². The van der Waals surface area contributed by atoms with Crippen molar-refractivity contribution in [3.8, 4) is 0 Å². The summed E-state index contributed by atoms with van der Waals surface area (Å²) in [7, 11) is 0. The maximum atomic E-state index is 12.0.